The Hall–Kier alpha value is 4.93. The zero-order valence-corrected chi connectivity index (χ0v) is 19.7. The van der Waals surface area contributed by atoms with Gasteiger partial charge in [-0.2, -0.15) is 0 Å². The van der Waals surface area contributed by atoms with Crippen LogP contribution in [0.4, 0.5) is 0 Å². The van der Waals surface area contributed by atoms with Crippen molar-refractivity contribution in [1.29, 1.82) is 0 Å². The topological polar surface area (TPSA) is 107 Å². The van der Waals surface area contributed by atoms with E-state index in [2.05, 4.69) is 5.32 Å². The molecule has 0 saturated heterocycles. The quantitative estimate of drug-likeness (QED) is 0.374. The van der Waals surface area contributed by atoms with Crippen LogP contribution in [0.5, 0.6) is 0 Å². The third-order valence-electron chi connectivity index (χ3n) is 1.16. The standard InChI is InChI=1S/C5H13N2O3Si.3K/c6-2-4-7-3-1-5-11(8,9)10;;;/h7H,1-6H2;;;/q-3;3*+1. The van der Waals surface area contributed by atoms with Crippen molar-refractivity contribution < 1.29 is 169 Å². The molecule has 0 rings (SSSR count). The van der Waals surface area contributed by atoms with Gasteiger partial charge in [-0.15, -0.1) is 6.04 Å². The van der Waals surface area contributed by atoms with Gasteiger partial charge in [0.25, 0.3) is 0 Å². The SMILES string of the molecule is NCCNCCC[Si]([O-])([O-])[O-].[K+].[K+].[K+]. The van der Waals surface area contributed by atoms with E-state index in [1.807, 2.05) is 0 Å². The van der Waals surface area contributed by atoms with Crippen LogP contribution >= 0.6 is 0 Å². The predicted molar refractivity (Wildman–Crippen MR) is 37.1 cm³/mol. The Morgan fingerprint density at radius 1 is 1.00 bits per heavy atom. The van der Waals surface area contributed by atoms with E-state index < -0.39 is 8.80 Å². The summed E-state index contributed by atoms with van der Waals surface area (Å²) >= 11 is 0. The Labute approximate surface area is 214 Å². The van der Waals surface area contributed by atoms with Crippen LogP contribution in [-0.2, 0) is 0 Å². The molecule has 0 aliphatic rings. The van der Waals surface area contributed by atoms with Crippen molar-refractivity contribution in [3.05, 3.63) is 0 Å². The van der Waals surface area contributed by atoms with Crippen LogP contribution in [0.25, 0.3) is 0 Å². The number of rotatable bonds is 6. The van der Waals surface area contributed by atoms with Crippen LogP contribution in [0.2, 0.25) is 6.04 Å². The maximum Gasteiger partial charge on any atom is 1.00 e. The molecule has 0 aromatic rings. The van der Waals surface area contributed by atoms with Gasteiger partial charge in [0.2, 0.25) is 0 Å². The van der Waals surface area contributed by atoms with Gasteiger partial charge in [0.05, 0.1) is 0 Å². The first-order valence-electron chi connectivity index (χ1n) is 3.58. The minimum Gasteiger partial charge on any atom is -0.881 e. The van der Waals surface area contributed by atoms with Gasteiger partial charge in [-0.3, -0.25) is 8.80 Å². The fraction of sp³-hybridized carbons (Fsp3) is 1.00. The molecule has 9 heteroatoms. The maximum absolute atomic E-state index is 10.1. The summed E-state index contributed by atoms with van der Waals surface area (Å²) in [5, 5.41) is 2.89. The largest absolute Gasteiger partial charge is 1.00 e. The molecule has 0 spiro atoms. The third kappa shape index (κ3) is 25.7. The van der Waals surface area contributed by atoms with E-state index in [-0.39, 0.29) is 160 Å². The van der Waals surface area contributed by atoms with Gasteiger partial charge in [-0.25, -0.2) is 0 Å². The third-order valence-corrected chi connectivity index (χ3v) is 2.12. The van der Waals surface area contributed by atoms with Crippen LogP contribution in [0, 0.1) is 0 Å². The summed E-state index contributed by atoms with van der Waals surface area (Å²) in [7, 11) is -4.54. The number of nitrogens with one attached hydrogen (secondary N) is 1. The van der Waals surface area contributed by atoms with Crippen LogP contribution in [-0.4, -0.2) is 28.4 Å². The summed E-state index contributed by atoms with van der Waals surface area (Å²) in [4.78, 5) is 30.3. The molecule has 0 heterocycles. The van der Waals surface area contributed by atoms with Crippen LogP contribution in [0.3, 0.4) is 0 Å². The second kappa shape index (κ2) is 17.9. The Morgan fingerprint density at radius 2 is 1.50 bits per heavy atom. The molecule has 0 aliphatic carbocycles. The minimum atomic E-state index is -4.54. The van der Waals surface area contributed by atoms with E-state index in [0.29, 0.717) is 26.1 Å². The molecule has 0 radical (unpaired) electrons. The average molecular weight is 295 g/mol. The Morgan fingerprint density at radius 3 is 1.86 bits per heavy atom. The van der Waals surface area contributed by atoms with Crippen molar-refractivity contribution in [2.45, 2.75) is 12.5 Å². The molecule has 0 aromatic carbocycles. The van der Waals surface area contributed by atoms with Crippen LogP contribution < -0.4 is 180 Å². The smallest absolute Gasteiger partial charge is 0.881 e. The summed E-state index contributed by atoms with van der Waals surface area (Å²) in [6.45, 7) is 1.72. The molecule has 5 nitrogen and oxygen atoms in total. The van der Waals surface area contributed by atoms with E-state index in [0.717, 1.165) is 0 Å². The second-order valence-electron chi connectivity index (χ2n) is 2.33. The molecule has 0 aromatic heterocycles. The molecule has 0 amide bonds. The van der Waals surface area contributed by atoms with Crippen molar-refractivity contribution in [3.8, 4) is 0 Å². The molecular formula is C5H13K3N2O3Si. The van der Waals surface area contributed by atoms with Crippen molar-refractivity contribution in [1.82, 2.24) is 5.32 Å². The van der Waals surface area contributed by atoms with E-state index in [9.17, 15) is 14.4 Å². The molecular weight excluding hydrogens is 281 g/mol. The summed E-state index contributed by atoms with van der Waals surface area (Å²) < 4.78 is 0. The zero-order valence-electron chi connectivity index (χ0n) is 9.34. The van der Waals surface area contributed by atoms with Crippen molar-refractivity contribution in [2.75, 3.05) is 19.6 Å². The summed E-state index contributed by atoms with van der Waals surface area (Å²) in [6.07, 6.45) is 0.378. The van der Waals surface area contributed by atoms with Crippen molar-refractivity contribution >= 4 is 8.80 Å². The second-order valence-corrected chi connectivity index (χ2v) is 4.19. The van der Waals surface area contributed by atoms with Gasteiger partial charge in [-0.05, 0) is 13.0 Å². The Balaban J connectivity index is -0.000000167. The van der Waals surface area contributed by atoms with E-state index >= 15 is 0 Å². The molecule has 3 N–H and O–H groups in total. The van der Waals surface area contributed by atoms with Gasteiger partial charge < -0.3 is 25.4 Å². The number of nitrogens with two attached hydrogens (primary N) is 1. The fourth-order valence-electron chi connectivity index (χ4n) is 0.657. The molecule has 0 bridgehead atoms. The molecule has 0 aliphatic heterocycles. The predicted octanol–water partition coefficient (Wildman–Crippen LogP) is -13.0. The van der Waals surface area contributed by atoms with Gasteiger partial charge in [0.1, 0.15) is 0 Å². The minimum absolute atomic E-state index is 0. The number of hydrogen-bond donors (Lipinski definition) is 2. The van der Waals surface area contributed by atoms with Gasteiger partial charge >= 0.3 is 154 Å². The van der Waals surface area contributed by atoms with E-state index in [1.165, 1.54) is 0 Å². The maximum atomic E-state index is 10.1. The van der Waals surface area contributed by atoms with E-state index in [4.69, 9.17) is 5.73 Å². The van der Waals surface area contributed by atoms with Crippen molar-refractivity contribution in [2.24, 2.45) is 5.73 Å². The first-order valence-corrected chi connectivity index (χ1v) is 5.51. The Kier molecular flexibility index (Phi) is 35.0. The summed E-state index contributed by atoms with van der Waals surface area (Å²) in [5.74, 6) is 0. The monoisotopic (exact) mass is 294 g/mol. The number of hydrogen-bond acceptors (Lipinski definition) is 5. The molecule has 14 heavy (non-hydrogen) atoms. The van der Waals surface area contributed by atoms with Gasteiger partial charge in [-0.1, -0.05) is 0 Å². The molecule has 0 atom stereocenters. The summed E-state index contributed by atoms with van der Waals surface area (Å²) in [5.41, 5.74) is 5.16. The van der Waals surface area contributed by atoms with Crippen LogP contribution in [0.15, 0.2) is 0 Å². The van der Waals surface area contributed by atoms with Gasteiger partial charge in [0, 0.05) is 13.1 Å². The first-order chi connectivity index (χ1) is 5.06. The average Bonchev–Trinajstić information content (AvgIpc) is 1.85. The van der Waals surface area contributed by atoms with Crippen molar-refractivity contribution in [3.63, 3.8) is 0 Å². The molecule has 0 fully saturated rings. The first kappa shape index (κ1) is 27.3. The zero-order chi connectivity index (χ0) is 8.74. The summed E-state index contributed by atoms with van der Waals surface area (Å²) in [6, 6.07) is -0.245. The molecule has 0 saturated carbocycles. The molecule has 0 unspecified atom stereocenters. The van der Waals surface area contributed by atoms with Gasteiger partial charge in [0.15, 0.2) is 0 Å². The van der Waals surface area contributed by atoms with Crippen LogP contribution in [0.1, 0.15) is 6.42 Å². The Bertz CT molecular complexity index is 107. The normalized spacial score (nSPS) is 9.43. The van der Waals surface area contributed by atoms with E-state index in [1.54, 1.807) is 0 Å². The fourth-order valence-corrected chi connectivity index (χ4v) is 1.27. The molecule has 68 valence electrons.